The predicted molar refractivity (Wildman–Crippen MR) is 141 cm³/mol. The summed E-state index contributed by atoms with van der Waals surface area (Å²) in [6.45, 7) is 13.6. The second-order valence-corrected chi connectivity index (χ2v) is 10.1. The molecule has 190 valence electrons. The summed E-state index contributed by atoms with van der Waals surface area (Å²) in [6, 6.07) is 4.25. The van der Waals surface area contributed by atoms with Gasteiger partial charge in [-0.3, -0.25) is 9.79 Å². The number of amides is 1. The number of piperidine rings is 1. The summed E-state index contributed by atoms with van der Waals surface area (Å²) in [5.74, 6) is 1.04. The first kappa shape index (κ1) is 25.5. The zero-order chi connectivity index (χ0) is 26.0. The van der Waals surface area contributed by atoms with Crippen molar-refractivity contribution < 1.29 is 9.53 Å². The molecule has 36 heavy (non-hydrogen) atoms. The molecule has 2 aromatic heterocycles. The molecule has 1 unspecified atom stereocenters. The summed E-state index contributed by atoms with van der Waals surface area (Å²) in [4.78, 5) is 21.4. The third-order valence-electron chi connectivity index (χ3n) is 7.73. The van der Waals surface area contributed by atoms with Gasteiger partial charge in [0, 0.05) is 66.9 Å². The summed E-state index contributed by atoms with van der Waals surface area (Å²) in [5, 5.41) is 13.7. The van der Waals surface area contributed by atoms with Crippen molar-refractivity contribution >= 4 is 22.7 Å². The van der Waals surface area contributed by atoms with E-state index in [2.05, 4.69) is 36.5 Å². The van der Waals surface area contributed by atoms with Crippen LogP contribution in [0.3, 0.4) is 0 Å². The largest absolute Gasteiger partial charge is 0.494 e. The van der Waals surface area contributed by atoms with Gasteiger partial charge in [-0.2, -0.15) is 10.4 Å². The molecule has 2 N–H and O–H groups in total. The molecular formula is C27H35N7O2. The molecule has 2 saturated heterocycles. The Morgan fingerprint density at radius 2 is 2.14 bits per heavy atom. The highest BCUT2D eigenvalue weighted by Crippen LogP contribution is 2.37. The number of aliphatic imine (C=N–C) groups is 1. The Hall–Kier alpha value is -3.64. The zero-order valence-corrected chi connectivity index (χ0v) is 21.6. The van der Waals surface area contributed by atoms with Gasteiger partial charge in [-0.1, -0.05) is 6.58 Å². The Morgan fingerprint density at radius 3 is 2.72 bits per heavy atom. The third kappa shape index (κ3) is 4.61. The standard InChI is InChI=1S/C27H35N7O2/c1-6-25(35)33-17-21(27(33,3)4)16-32-9-7-22(8-10-32)31-18(2)23(13-29)19-11-24(36-5)26-20(12-28)14-30-34(26)15-19/h6,11,13-15,21-22H,1,7-10,16-17,29H2,2-5H3/b23-13+,31-18?. The Labute approximate surface area is 212 Å². The molecule has 0 bridgehead atoms. The number of nitrogens with two attached hydrogens (primary N) is 1. The van der Waals surface area contributed by atoms with E-state index in [0.717, 1.165) is 55.9 Å². The molecule has 1 atom stereocenters. The highest BCUT2D eigenvalue weighted by Gasteiger charge is 2.48. The number of nitriles is 1. The first-order valence-electron chi connectivity index (χ1n) is 12.3. The monoisotopic (exact) mass is 489 g/mol. The van der Waals surface area contributed by atoms with Crippen molar-refractivity contribution in [2.75, 3.05) is 33.3 Å². The number of hydrogen-bond acceptors (Lipinski definition) is 7. The van der Waals surface area contributed by atoms with Crippen LogP contribution in [-0.4, -0.2) is 75.9 Å². The van der Waals surface area contributed by atoms with Crippen molar-refractivity contribution in [2.24, 2.45) is 16.6 Å². The molecule has 1 amide bonds. The van der Waals surface area contributed by atoms with E-state index in [0.29, 0.717) is 22.7 Å². The van der Waals surface area contributed by atoms with E-state index in [-0.39, 0.29) is 17.5 Å². The smallest absolute Gasteiger partial charge is 0.246 e. The highest BCUT2D eigenvalue weighted by atomic mass is 16.5. The van der Waals surface area contributed by atoms with Crippen LogP contribution in [0, 0.1) is 17.2 Å². The van der Waals surface area contributed by atoms with E-state index in [4.69, 9.17) is 15.5 Å². The van der Waals surface area contributed by atoms with Crippen molar-refractivity contribution in [2.45, 2.75) is 45.2 Å². The molecule has 4 heterocycles. The van der Waals surface area contributed by atoms with Gasteiger partial charge in [-0.25, -0.2) is 4.52 Å². The Balaban J connectivity index is 1.41. The van der Waals surface area contributed by atoms with E-state index in [1.54, 1.807) is 17.8 Å². The van der Waals surface area contributed by atoms with Crippen LogP contribution in [0.4, 0.5) is 0 Å². The van der Waals surface area contributed by atoms with Gasteiger partial charge < -0.3 is 20.3 Å². The van der Waals surface area contributed by atoms with Crippen molar-refractivity contribution in [3.8, 4) is 11.8 Å². The normalized spacial score (nSPS) is 21.2. The Kier molecular flexibility index (Phi) is 7.18. The number of aromatic nitrogens is 2. The lowest BCUT2D eigenvalue weighted by molar-refractivity contribution is -0.149. The lowest BCUT2D eigenvalue weighted by Crippen LogP contribution is -2.68. The number of likely N-dealkylation sites (tertiary alicyclic amines) is 2. The minimum atomic E-state index is -0.136. The second-order valence-electron chi connectivity index (χ2n) is 10.1. The van der Waals surface area contributed by atoms with E-state index in [1.807, 2.05) is 24.1 Å². The quantitative estimate of drug-likeness (QED) is 0.473. The van der Waals surface area contributed by atoms with Crippen molar-refractivity contribution in [1.82, 2.24) is 19.4 Å². The number of carbonyl (C=O) groups excluding carboxylic acids is 1. The van der Waals surface area contributed by atoms with Crippen molar-refractivity contribution in [3.63, 3.8) is 0 Å². The fraction of sp³-hybridized carbons (Fsp3) is 0.481. The molecule has 0 aliphatic carbocycles. The van der Waals surface area contributed by atoms with E-state index < -0.39 is 0 Å². The Morgan fingerprint density at radius 1 is 1.42 bits per heavy atom. The average molecular weight is 490 g/mol. The summed E-state index contributed by atoms with van der Waals surface area (Å²) < 4.78 is 7.19. The van der Waals surface area contributed by atoms with Crippen LogP contribution < -0.4 is 10.5 Å². The number of carbonyl (C=O) groups is 1. The number of rotatable bonds is 7. The lowest BCUT2D eigenvalue weighted by atomic mass is 9.76. The molecule has 4 rings (SSSR count). The van der Waals surface area contributed by atoms with E-state index in [1.165, 1.54) is 12.3 Å². The molecule has 0 saturated carbocycles. The maximum atomic E-state index is 12.0. The van der Waals surface area contributed by atoms with Gasteiger partial charge in [0.1, 0.15) is 22.9 Å². The summed E-state index contributed by atoms with van der Waals surface area (Å²) in [7, 11) is 1.58. The number of pyridine rings is 1. The SMILES string of the molecule is C=CC(=O)N1CC(CN2CCC(N=C(C)/C(=C\N)c3cc(OC)c4c(C#N)cnn4c3)CC2)C1(C)C. The first-order valence-corrected chi connectivity index (χ1v) is 12.3. The molecule has 2 aromatic rings. The minimum Gasteiger partial charge on any atom is -0.494 e. The first-order chi connectivity index (χ1) is 17.2. The molecule has 2 fully saturated rings. The predicted octanol–water partition coefficient (Wildman–Crippen LogP) is 2.86. The van der Waals surface area contributed by atoms with Gasteiger partial charge in [-0.05, 0) is 45.8 Å². The van der Waals surface area contributed by atoms with Crippen molar-refractivity contribution in [3.05, 3.63) is 48.4 Å². The van der Waals surface area contributed by atoms with E-state index in [9.17, 15) is 10.1 Å². The number of methoxy groups -OCH3 is 1. The molecule has 2 aliphatic heterocycles. The summed E-state index contributed by atoms with van der Waals surface area (Å²) >= 11 is 0. The number of fused-ring (bicyclic) bond motifs is 1. The molecule has 2 aliphatic rings. The van der Waals surface area contributed by atoms with Crippen LogP contribution >= 0.6 is 0 Å². The minimum absolute atomic E-state index is 0.0124. The summed E-state index contributed by atoms with van der Waals surface area (Å²) in [6.07, 6.45) is 8.30. The second kappa shape index (κ2) is 10.2. The van der Waals surface area contributed by atoms with Gasteiger partial charge in [-0.15, -0.1) is 0 Å². The fourth-order valence-electron chi connectivity index (χ4n) is 5.33. The van der Waals surface area contributed by atoms with E-state index >= 15 is 0 Å². The fourth-order valence-corrected chi connectivity index (χ4v) is 5.33. The topological polar surface area (TPSA) is 112 Å². The van der Waals surface area contributed by atoms with Gasteiger partial charge >= 0.3 is 0 Å². The van der Waals surface area contributed by atoms with Crippen LogP contribution in [0.25, 0.3) is 11.1 Å². The number of hydrogen-bond donors (Lipinski definition) is 1. The number of nitrogens with zero attached hydrogens (tertiary/aromatic N) is 6. The zero-order valence-electron chi connectivity index (χ0n) is 21.6. The number of allylic oxidation sites excluding steroid dienone is 1. The van der Waals surface area contributed by atoms with Crippen LogP contribution in [0.5, 0.6) is 5.75 Å². The van der Waals surface area contributed by atoms with Gasteiger partial charge in [0.05, 0.1) is 19.3 Å². The maximum absolute atomic E-state index is 12.0. The third-order valence-corrected chi connectivity index (χ3v) is 7.73. The van der Waals surface area contributed by atoms with Crippen LogP contribution in [0.2, 0.25) is 0 Å². The van der Waals surface area contributed by atoms with Crippen LogP contribution in [0.1, 0.15) is 44.7 Å². The van der Waals surface area contributed by atoms with Gasteiger partial charge in [0.25, 0.3) is 0 Å². The Bertz CT molecular complexity index is 1260. The highest BCUT2D eigenvalue weighted by molar-refractivity contribution is 6.22. The lowest BCUT2D eigenvalue weighted by Gasteiger charge is -2.56. The molecule has 0 aromatic carbocycles. The molecular weight excluding hydrogens is 454 g/mol. The average Bonchev–Trinajstić information content (AvgIpc) is 3.30. The van der Waals surface area contributed by atoms with Crippen LogP contribution in [0.15, 0.2) is 42.3 Å². The number of ether oxygens (including phenoxy) is 1. The molecule has 9 heteroatoms. The maximum Gasteiger partial charge on any atom is 0.246 e. The van der Waals surface area contributed by atoms with Gasteiger partial charge in [0.15, 0.2) is 0 Å². The van der Waals surface area contributed by atoms with Gasteiger partial charge in [0.2, 0.25) is 5.91 Å². The van der Waals surface area contributed by atoms with Crippen molar-refractivity contribution in [1.29, 1.82) is 5.26 Å². The molecule has 9 nitrogen and oxygen atoms in total. The molecule has 0 radical (unpaired) electrons. The molecule has 0 spiro atoms. The summed E-state index contributed by atoms with van der Waals surface area (Å²) in [5.41, 5.74) is 9.50. The van der Waals surface area contributed by atoms with Crippen LogP contribution in [-0.2, 0) is 4.79 Å².